The molecule has 1 N–H and O–H groups in total. The third-order valence-corrected chi connectivity index (χ3v) is 3.03. The van der Waals surface area contributed by atoms with Crippen molar-refractivity contribution in [1.82, 2.24) is 0 Å². The fourth-order valence-electron chi connectivity index (χ4n) is 1.95. The van der Waals surface area contributed by atoms with Gasteiger partial charge in [0.25, 0.3) is 0 Å². The minimum absolute atomic E-state index is 0.146. The molecule has 0 fully saturated rings. The number of unbranched alkanes of at least 4 members (excludes halogenated alkanes) is 6. The summed E-state index contributed by atoms with van der Waals surface area (Å²) in [5.74, 6) is 0. The Balaban J connectivity index is 3.20. The van der Waals surface area contributed by atoms with Gasteiger partial charge in [-0.3, -0.25) is 0 Å². The molecule has 0 heterocycles. The van der Waals surface area contributed by atoms with Crippen LogP contribution in [0.3, 0.4) is 0 Å². The van der Waals surface area contributed by atoms with Crippen molar-refractivity contribution in [3.63, 3.8) is 0 Å². The Labute approximate surface area is 101 Å². The zero-order valence-corrected chi connectivity index (χ0v) is 11.2. The van der Waals surface area contributed by atoms with E-state index in [0.29, 0.717) is 12.7 Å². The van der Waals surface area contributed by atoms with Crippen molar-refractivity contribution < 1.29 is 9.84 Å². The molecule has 0 bridgehead atoms. The van der Waals surface area contributed by atoms with Gasteiger partial charge in [0.05, 0.1) is 19.3 Å². The summed E-state index contributed by atoms with van der Waals surface area (Å²) in [6.45, 7) is 5.05. The molecule has 1 atom stereocenters. The molecule has 2 nitrogen and oxygen atoms in total. The Morgan fingerprint density at radius 3 is 2.12 bits per heavy atom. The fourth-order valence-corrected chi connectivity index (χ4v) is 1.95. The highest BCUT2D eigenvalue weighted by molar-refractivity contribution is 4.56. The molecule has 0 saturated heterocycles. The number of hydrogen-bond donors (Lipinski definition) is 1. The van der Waals surface area contributed by atoms with Gasteiger partial charge >= 0.3 is 0 Å². The molecule has 0 saturated carbocycles. The van der Waals surface area contributed by atoms with Crippen LogP contribution in [0.1, 0.15) is 71.6 Å². The van der Waals surface area contributed by atoms with Gasteiger partial charge in [-0.2, -0.15) is 0 Å². The monoisotopic (exact) mass is 230 g/mol. The lowest BCUT2D eigenvalue weighted by molar-refractivity contribution is 0.0208. The standard InChI is InChI=1S/C14H30O2/c1-3-5-6-7-8-9-10-11-14(4-2)16-13-12-15/h14-15H,3-13H2,1-2H3. The van der Waals surface area contributed by atoms with E-state index in [1.165, 1.54) is 44.9 Å². The molecule has 2 heteroatoms. The van der Waals surface area contributed by atoms with Crippen LogP contribution in [0.4, 0.5) is 0 Å². The van der Waals surface area contributed by atoms with E-state index < -0.39 is 0 Å². The van der Waals surface area contributed by atoms with Crippen LogP contribution in [0.2, 0.25) is 0 Å². The predicted molar refractivity (Wildman–Crippen MR) is 69.7 cm³/mol. The number of aliphatic hydroxyl groups excluding tert-OH is 1. The van der Waals surface area contributed by atoms with Crippen LogP contribution in [-0.2, 0) is 4.74 Å². The molecule has 0 aliphatic heterocycles. The van der Waals surface area contributed by atoms with Crippen molar-refractivity contribution >= 4 is 0 Å². The van der Waals surface area contributed by atoms with E-state index in [1.54, 1.807) is 0 Å². The maximum absolute atomic E-state index is 8.68. The van der Waals surface area contributed by atoms with Crippen molar-refractivity contribution in [3.8, 4) is 0 Å². The van der Waals surface area contributed by atoms with E-state index in [1.807, 2.05) is 0 Å². The summed E-state index contributed by atoms with van der Waals surface area (Å²) < 4.78 is 5.54. The molecule has 0 aromatic rings. The molecule has 0 aromatic carbocycles. The first-order chi connectivity index (χ1) is 7.85. The van der Waals surface area contributed by atoms with Crippen LogP contribution in [-0.4, -0.2) is 24.4 Å². The number of rotatable bonds is 12. The second-order valence-electron chi connectivity index (χ2n) is 4.53. The van der Waals surface area contributed by atoms with Crippen molar-refractivity contribution in [1.29, 1.82) is 0 Å². The molecular formula is C14H30O2. The summed E-state index contributed by atoms with van der Waals surface area (Å²) in [7, 11) is 0. The third kappa shape index (κ3) is 10.4. The molecule has 0 aliphatic rings. The highest BCUT2D eigenvalue weighted by Crippen LogP contribution is 2.12. The van der Waals surface area contributed by atoms with Gasteiger partial charge in [-0.05, 0) is 12.8 Å². The van der Waals surface area contributed by atoms with Crippen molar-refractivity contribution in [2.45, 2.75) is 77.7 Å². The molecule has 0 radical (unpaired) electrons. The van der Waals surface area contributed by atoms with E-state index in [4.69, 9.17) is 9.84 Å². The van der Waals surface area contributed by atoms with Crippen LogP contribution in [0, 0.1) is 0 Å². The molecule has 1 unspecified atom stereocenters. The highest BCUT2D eigenvalue weighted by atomic mass is 16.5. The molecule has 98 valence electrons. The average Bonchev–Trinajstić information content (AvgIpc) is 2.32. The first kappa shape index (κ1) is 15.9. The normalized spacial score (nSPS) is 12.9. The van der Waals surface area contributed by atoms with E-state index in [2.05, 4.69) is 13.8 Å². The lowest BCUT2D eigenvalue weighted by Gasteiger charge is -2.15. The van der Waals surface area contributed by atoms with E-state index in [0.717, 1.165) is 12.8 Å². The minimum atomic E-state index is 0.146. The summed E-state index contributed by atoms with van der Waals surface area (Å²) in [5.41, 5.74) is 0. The molecule has 0 rings (SSSR count). The Hall–Kier alpha value is -0.0800. The number of hydrogen-bond acceptors (Lipinski definition) is 2. The minimum Gasteiger partial charge on any atom is -0.394 e. The second kappa shape index (κ2) is 13.0. The van der Waals surface area contributed by atoms with E-state index >= 15 is 0 Å². The molecule has 0 spiro atoms. The SMILES string of the molecule is CCCCCCCCCC(CC)OCCO. The van der Waals surface area contributed by atoms with Gasteiger partial charge in [-0.15, -0.1) is 0 Å². The van der Waals surface area contributed by atoms with Crippen molar-refractivity contribution in [2.75, 3.05) is 13.2 Å². The number of aliphatic hydroxyl groups is 1. The van der Waals surface area contributed by atoms with Crippen molar-refractivity contribution in [3.05, 3.63) is 0 Å². The van der Waals surface area contributed by atoms with Crippen molar-refractivity contribution in [2.24, 2.45) is 0 Å². The van der Waals surface area contributed by atoms with Gasteiger partial charge in [-0.25, -0.2) is 0 Å². The first-order valence-electron chi connectivity index (χ1n) is 7.07. The van der Waals surface area contributed by atoms with Crippen LogP contribution in [0.5, 0.6) is 0 Å². The van der Waals surface area contributed by atoms with Gasteiger partial charge in [0.15, 0.2) is 0 Å². The number of ether oxygens (including phenoxy) is 1. The average molecular weight is 230 g/mol. The molecule has 0 amide bonds. The molecule has 0 aromatic heterocycles. The van der Waals surface area contributed by atoms with Crippen LogP contribution in [0.25, 0.3) is 0 Å². The third-order valence-electron chi connectivity index (χ3n) is 3.03. The summed E-state index contributed by atoms with van der Waals surface area (Å²) in [4.78, 5) is 0. The zero-order chi connectivity index (χ0) is 12.1. The van der Waals surface area contributed by atoms with Gasteiger partial charge in [0, 0.05) is 0 Å². The van der Waals surface area contributed by atoms with Crippen LogP contribution in [0.15, 0.2) is 0 Å². The Kier molecular flexibility index (Phi) is 12.9. The quantitative estimate of drug-likeness (QED) is 0.515. The topological polar surface area (TPSA) is 29.5 Å². The Morgan fingerprint density at radius 2 is 1.56 bits per heavy atom. The predicted octanol–water partition coefficient (Wildman–Crippen LogP) is 3.91. The summed E-state index contributed by atoms with van der Waals surface area (Å²) >= 11 is 0. The summed E-state index contributed by atoms with van der Waals surface area (Å²) in [5, 5.41) is 8.68. The van der Waals surface area contributed by atoms with E-state index in [-0.39, 0.29) is 6.61 Å². The Morgan fingerprint density at radius 1 is 0.938 bits per heavy atom. The fraction of sp³-hybridized carbons (Fsp3) is 1.00. The first-order valence-corrected chi connectivity index (χ1v) is 7.07. The maximum Gasteiger partial charge on any atom is 0.0701 e. The van der Waals surface area contributed by atoms with Crippen LogP contribution < -0.4 is 0 Å². The van der Waals surface area contributed by atoms with Gasteiger partial charge < -0.3 is 9.84 Å². The highest BCUT2D eigenvalue weighted by Gasteiger charge is 2.05. The molecule has 0 aliphatic carbocycles. The van der Waals surface area contributed by atoms with Gasteiger partial charge in [0.2, 0.25) is 0 Å². The smallest absolute Gasteiger partial charge is 0.0701 e. The Bertz CT molecular complexity index is 126. The summed E-state index contributed by atoms with van der Waals surface area (Å²) in [6.07, 6.45) is 12.1. The van der Waals surface area contributed by atoms with Gasteiger partial charge in [-0.1, -0.05) is 58.8 Å². The van der Waals surface area contributed by atoms with E-state index in [9.17, 15) is 0 Å². The lowest BCUT2D eigenvalue weighted by Crippen LogP contribution is -2.14. The zero-order valence-electron chi connectivity index (χ0n) is 11.2. The lowest BCUT2D eigenvalue weighted by atomic mass is 10.1. The molecule has 16 heavy (non-hydrogen) atoms. The van der Waals surface area contributed by atoms with Crippen LogP contribution >= 0.6 is 0 Å². The largest absolute Gasteiger partial charge is 0.394 e. The van der Waals surface area contributed by atoms with Gasteiger partial charge in [0.1, 0.15) is 0 Å². The second-order valence-corrected chi connectivity index (χ2v) is 4.53. The molecular weight excluding hydrogens is 200 g/mol. The summed E-state index contributed by atoms with van der Waals surface area (Å²) in [6, 6.07) is 0. The maximum atomic E-state index is 8.68.